The molecule has 0 heterocycles. The van der Waals surface area contributed by atoms with Crippen LogP contribution in [0.25, 0.3) is 0 Å². The third-order valence-corrected chi connectivity index (χ3v) is 3.34. The lowest BCUT2D eigenvalue weighted by molar-refractivity contribution is 0.0702. The van der Waals surface area contributed by atoms with Gasteiger partial charge in [-0.15, -0.1) is 0 Å². The Morgan fingerprint density at radius 1 is 1.12 bits per heavy atom. The molecule has 0 aliphatic carbocycles. The Bertz CT molecular complexity index is 552. The Hall–Kier alpha value is -2.32. The van der Waals surface area contributed by atoms with Gasteiger partial charge in [0.05, 0.1) is 18.8 Å². The van der Waals surface area contributed by atoms with Gasteiger partial charge in [0.1, 0.15) is 5.75 Å². The summed E-state index contributed by atoms with van der Waals surface area (Å²) in [4.78, 5) is 16.4. The molecular formula is C18H30N4O4. The number of phenols is 1. The maximum Gasteiger partial charge on any atom is 0.255 e. The molecule has 0 saturated heterocycles. The largest absolute Gasteiger partial charge is 0.507 e. The smallest absolute Gasteiger partial charge is 0.255 e. The standard InChI is InChI=1S/C18H30N4O4/c1-3-19-18(21-9-6-12-26-14-13-25-2)22-11-10-20-17(24)15-7-4-5-8-16(15)23/h4-5,7-8,23H,3,6,9-14H2,1-2H3,(H,20,24)(H2,19,21,22). The van der Waals surface area contributed by atoms with Crippen molar-refractivity contribution in [3.63, 3.8) is 0 Å². The second-order valence-corrected chi connectivity index (χ2v) is 5.42. The number of carbonyl (C=O) groups excluding carboxylic acids is 1. The van der Waals surface area contributed by atoms with Gasteiger partial charge in [-0.05, 0) is 25.5 Å². The van der Waals surface area contributed by atoms with Crippen LogP contribution in [0, 0.1) is 0 Å². The topological polar surface area (TPSA) is 104 Å². The van der Waals surface area contributed by atoms with Gasteiger partial charge in [-0.3, -0.25) is 9.79 Å². The van der Waals surface area contributed by atoms with E-state index in [0.717, 1.165) is 13.0 Å². The summed E-state index contributed by atoms with van der Waals surface area (Å²) in [6.45, 7) is 6.16. The molecule has 0 saturated carbocycles. The van der Waals surface area contributed by atoms with Crippen molar-refractivity contribution in [3.05, 3.63) is 29.8 Å². The maximum absolute atomic E-state index is 12.0. The molecule has 4 N–H and O–H groups in total. The van der Waals surface area contributed by atoms with Gasteiger partial charge < -0.3 is 30.5 Å². The predicted octanol–water partition coefficient (Wildman–Crippen LogP) is 0.730. The molecule has 0 radical (unpaired) electrons. The lowest BCUT2D eigenvalue weighted by Crippen LogP contribution is -2.41. The summed E-state index contributed by atoms with van der Waals surface area (Å²) >= 11 is 0. The second kappa shape index (κ2) is 13.9. The molecule has 1 aromatic rings. The highest BCUT2D eigenvalue weighted by atomic mass is 16.5. The molecule has 0 unspecified atom stereocenters. The fourth-order valence-electron chi connectivity index (χ4n) is 2.06. The summed E-state index contributed by atoms with van der Waals surface area (Å²) in [5.74, 6) is 0.363. The Morgan fingerprint density at radius 3 is 2.62 bits per heavy atom. The van der Waals surface area contributed by atoms with Crippen molar-refractivity contribution in [2.75, 3.05) is 53.1 Å². The average Bonchev–Trinajstić information content (AvgIpc) is 2.64. The Labute approximate surface area is 155 Å². The lowest BCUT2D eigenvalue weighted by Gasteiger charge is -2.12. The van der Waals surface area contributed by atoms with Crippen LogP contribution in [0.2, 0.25) is 0 Å². The van der Waals surface area contributed by atoms with Gasteiger partial charge in [-0.2, -0.15) is 0 Å². The van der Waals surface area contributed by atoms with E-state index in [2.05, 4.69) is 20.9 Å². The molecular weight excluding hydrogens is 336 g/mol. The average molecular weight is 366 g/mol. The van der Waals surface area contributed by atoms with Gasteiger partial charge in [0.15, 0.2) is 5.96 Å². The van der Waals surface area contributed by atoms with Crippen LogP contribution < -0.4 is 16.0 Å². The first-order valence-corrected chi connectivity index (χ1v) is 8.84. The van der Waals surface area contributed by atoms with Crippen molar-refractivity contribution in [2.24, 2.45) is 4.99 Å². The maximum atomic E-state index is 12.0. The SMILES string of the molecule is CCNC(=NCCCOCCOC)NCCNC(=O)c1ccccc1O. The number of para-hydroxylation sites is 1. The van der Waals surface area contributed by atoms with Crippen molar-refractivity contribution in [1.29, 1.82) is 0 Å². The fourth-order valence-corrected chi connectivity index (χ4v) is 2.06. The molecule has 146 valence electrons. The van der Waals surface area contributed by atoms with E-state index in [1.807, 2.05) is 6.92 Å². The van der Waals surface area contributed by atoms with Crippen LogP contribution in [0.1, 0.15) is 23.7 Å². The van der Waals surface area contributed by atoms with E-state index < -0.39 is 0 Å². The number of hydrogen-bond acceptors (Lipinski definition) is 5. The summed E-state index contributed by atoms with van der Waals surface area (Å²) in [6, 6.07) is 6.46. The number of ether oxygens (including phenoxy) is 2. The molecule has 8 heteroatoms. The first-order chi connectivity index (χ1) is 12.7. The van der Waals surface area contributed by atoms with Crippen LogP contribution in [0.3, 0.4) is 0 Å². The van der Waals surface area contributed by atoms with Crippen LogP contribution in [-0.2, 0) is 9.47 Å². The van der Waals surface area contributed by atoms with Gasteiger partial charge in [0, 0.05) is 39.9 Å². The third-order valence-electron chi connectivity index (χ3n) is 3.34. The molecule has 8 nitrogen and oxygen atoms in total. The van der Waals surface area contributed by atoms with Gasteiger partial charge in [-0.25, -0.2) is 0 Å². The molecule has 0 spiro atoms. The van der Waals surface area contributed by atoms with E-state index in [1.54, 1.807) is 25.3 Å². The molecule has 1 rings (SSSR count). The minimum Gasteiger partial charge on any atom is -0.507 e. The highest BCUT2D eigenvalue weighted by molar-refractivity contribution is 5.96. The van der Waals surface area contributed by atoms with Crippen LogP contribution in [0.15, 0.2) is 29.3 Å². The van der Waals surface area contributed by atoms with Crippen LogP contribution >= 0.6 is 0 Å². The third kappa shape index (κ3) is 9.24. The predicted molar refractivity (Wildman–Crippen MR) is 102 cm³/mol. The number of amides is 1. The molecule has 0 bridgehead atoms. The molecule has 26 heavy (non-hydrogen) atoms. The van der Waals surface area contributed by atoms with E-state index in [0.29, 0.717) is 45.4 Å². The number of phenolic OH excluding ortho intramolecular Hbond substituents is 1. The molecule has 1 aromatic carbocycles. The van der Waals surface area contributed by atoms with Crippen LogP contribution in [0.5, 0.6) is 5.75 Å². The summed E-state index contributed by atoms with van der Waals surface area (Å²) in [7, 11) is 1.65. The quantitative estimate of drug-likeness (QED) is 0.247. The van der Waals surface area contributed by atoms with Crippen LogP contribution in [-0.4, -0.2) is 70.1 Å². The number of carbonyl (C=O) groups is 1. The number of aromatic hydroxyl groups is 1. The number of hydrogen-bond donors (Lipinski definition) is 4. The Balaban J connectivity index is 2.25. The molecule has 0 atom stereocenters. The van der Waals surface area contributed by atoms with E-state index in [1.165, 1.54) is 6.07 Å². The van der Waals surface area contributed by atoms with E-state index in [9.17, 15) is 9.90 Å². The number of benzene rings is 1. The van der Waals surface area contributed by atoms with Crippen molar-refractivity contribution >= 4 is 11.9 Å². The molecule has 0 aliphatic rings. The van der Waals surface area contributed by atoms with E-state index in [-0.39, 0.29) is 17.2 Å². The second-order valence-electron chi connectivity index (χ2n) is 5.42. The van der Waals surface area contributed by atoms with Gasteiger partial charge in [-0.1, -0.05) is 12.1 Å². The molecule has 0 fully saturated rings. The first-order valence-electron chi connectivity index (χ1n) is 8.84. The van der Waals surface area contributed by atoms with E-state index in [4.69, 9.17) is 9.47 Å². The fraction of sp³-hybridized carbons (Fsp3) is 0.556. The number of nitrogens with zero attached hydrogens (tertiary/aromatic N) is 1. The minimum absolute atomic E-state index is 0.0272. The number of aliphatic imine (C=N–C) groups is 1. The minimum atomic E-state index is -0.306. The highest BCUT2D eigenvalue weighted by Crippen LogP contribution is 2.14. The normalized spacial score (nSPS) is 11.2. The summed E-state index contributed by atoms with van der Waals surface area (Å²) in [6.07, 6.45) is 0.824. The van der Waals surface area contributed by atoms with Gasteiger partial charge >= 0.3 is 0 Å². The van der Waals surface area contributed by atoms with Crippen molar-refractivity contribution < 1.29 is 19.4 Å². The van der Waals surface area contributed by atoms with Crippen molar-refractivity contribution in [1.82, 2.24) is 16.0 Å². The Morgan fingerprint density at radius 2 is 1.88 bits per heavy atom. The zero-order chi connectivity index (χ0) is 19.0. The number of nitrogens with one attached hydrogen (secondary N) is 3. The summed E-state index contributed by atoms with van der Waals surface area (Å²) in [5.41, 5.74) is 0.265. The van der Waals surface area contributed by atoms with E-state index >= 15 is 0 Å². The van der Waals surface area contributed by atoms with Gasteiger partial charge in [0.2, 0.25) is 0 Å². The summed E-state index contributed by atoms with van der Waals surface area (Å²) < 4.78 is 10.3. The lowest BCUT2D eigenvalue weighted by atomic mass is 10.2. The van der Waals surface area contributed by atoms with Crippen LogP contribution in [0.4, 0.5) is 0 Å². The highest BCUT2D eigenvalue weighted by Gasteiger charge is 2.08. The zero-order valence-electron chi connectivity index (χ0n) is 15.6. The van der Waals surface area contributed by atoms with Crippen molar-refractivity contribution in [3.8, 4) is 5.75 Å². The monoisotopic (exact) mass is 366 g/mol. The first kappa shape index (κ1) is 21.7. The Kier molecular flexibility index (Phi) is 11.6. The molecule has 0 aliphatic heterocycles. The number of guanidine groups is 1. The number of methoxy groups -OCH3 is 1. The molecule has 1 amide bonds. The van der Waals surface area contributed by atoms with Crippen molar-refractivity contribution in [2.45, 2.75) is 13.3 Å². The summed E-state index contributed by atoms with van der Waals surface area (Å²) in [5, 5.41) is 18.7. The number of rotatable bonds is 12. The zero-order valence-corrected chi connectivity index (χ0v) is 15.6. The van der Waals surface area contributed by atoms with Gasteiger partial charge in [0.25, 0.3) is 5.91 Å². The molecule has 0 aromatic heterocycles.